The number of aliphatic hydroxyl groups excluding tert-OH is 1. The van der Waals surface area contributed by atoms with Crippen LogP contribution in [0.1, 0.15) is 36.6 Å². The van der Waals surface area contributed by atoms with E-state index in [1.54, 1.807) is 5.32 Å². The summed E-state index contributed by atoms with van der Waals surface area (Å²) in [5, 5.41) is 11.9. The fourth-order valence-electron chi connectivity index (χ4n) is 3.12. The lowest BCUT2D eigenvalue weighted by Crippen LogP contribution is -2.40. The van der Waals surface area contributed by atoms with Gasteiger partial charge in [0.1, 0.15) is 11.6 Å². The molecule has 0 aliphatic heterocycles. The van der Waals surface area contributed by atoms with Gasteiger partial charge in [-0.25, -0.2) is 23.5 Å². The summed E-state index contributed by atoms with van der Waals surface area (Å²) in [4.78, 5) is 19.2. The summed E-state index contributed by atoms with van der Waals surface area (Å²) in [7, 11) is 0. The number of aryl methyl sites for hydroxylation is 1. The van der Waals surface area contributed by atoms with Gasteiger partial charge in [0.25, 0.3) is 0 Å². The van der Waals surface area contributed by atoms with E-state index in [4.69, 9.17) is 15.3 Å². The lowest BCUT2D eigenvalue weighted by atomic mass is 10.1. The minimum atomic E-state index is -4.98. The van der Waals surface area contributed by atoms with E-state index in [-0.39, 0.29) is 22.6 Å². The zero-order valence-electron chi connectivity index (χ0n) is 17.9. The van der Waals surface area contributed by atoms with E-state index >= 15 is 0 Å². The summed E-state index contributed by atoms with van der Waals surface area (Å²) in [6, 6.07) is -2.53. The van der Waals surface area contributed by atoms with E-state index < -0.39 is 41.2 Å². The van der Waals surface area contributed by atoms with Crippen LogP contribution in [0.15, 0.2) is 28.9 Å². The number of fused-ring (bicyclic) bond motifs is 1. The first kappa shape index (κ1) is 25.1. The van der Waals surface area contributed by atoms with E-state index in [0.29, 0.717) is 12.7 Å². The number of rotatable bonds is 5. The molecule has 1 aromatic carbocycles. The smallest absolute Gasteiger partial charge is 0.416 e. The number of nitrogens with zero attached hydrogens (tertiary/aromatic N) is 2. The second kappa shape index (κ2) is 10.2. The lowest BCUT2D eigenvalue weighted by molar-refractivity contribution is -0.158. The molecule has 34 heavy (non-hydrogen) atoms. The standard InChI is InChI=1S/C16H12F5N5O2.C5H10O/c1-6-9-2-7(17)3-10(18)12(9)28-11(6)13(16(19,20)21)26-15(27)25-8-4-23-14(22)24-5-8;6-4-3-5-1-2-5/h2-5,13H,1H3,(H2,22,23,24)(H2,25,26,27);5-6H,1-4H2. The second-order valence-electron chi connectivity index (χ2n) is 7.71. The normalized spacial score (nSPS) is 14.3. The van der Waals surface area contributed by atoms with Gasteiger partial charge in [-0.15, -0.1) is 0 Å². The molecule has 1 fully saturated rings. The Labute approximate surface area is 190 Å². The van der Waals surface area contributed by atoms with Crippen LogP contribution in [0.2, 0.25) is 0 Å². The lowest BCUT2D eigenvalue weighted by Gasteiger charge is -2.20. The number of aromatic nitrogens is 2. The second-order valence-corrected chi connectivity index (χ2v) is 7.71. The van der Waals surface area contributed by atoms with Crippen molar-refractivity contribution in [1.29, 1.82) is 0 Å². The highest BCUT2D eigenvalue weighted by atomic mass is 19.4. The molecule has 0 radical (unpaired) electrons. The Kier molecular flexibility index (Phi) is 7.54. The van der Waals surface area contributed by atoms with Gasteiger partial charge in [-0.3, -0.25) is 0 Å². The number of alkyl halides is 3. The van der Waals surface area contributed by atoms with E-state index in [9.17, 15) is 26.7 Å². The topological polar surface area (TPSA) is 126 Å². The summed E-state index contributed by atoms with van der Waals surface area (Å²) >= 11 is 0. The van der Waals surface area contributed by atoms with Crippen molar-refractivity contribution in [2.45, 2.75) is 38.4 Å². The van der Waals surface area contributed by atoms with Gasteiger partial charge in [0.05, 0.1) is 18.1 Å². The number of benzene rings is 1. The predicted octanol–water partition coefficient (Wildman–Crippen LogP) is 4.60. The van der Waals surface area contributed by atoms with Gasteiger partial charge in [-0.2, -0.15) is 13.2 Å². The maximum atomic E-state index is 13.8. The Bertz CT molecular complexity index is 1150. The molecule has 4 rings (SSSR count). The molecule has 2 aromatic heterocycles. The molecule has 2 amide bonds. The highest BCUT2D eigenvalue weighted by Gasteiger charge is 2.45. The highest BCUT2D eigenvalue weighted by molar-refractivity contribution is 5.89. The zero-order valence-corrected chi connectivity index (χ0v) is 17.9. The van der Waals surface area contributed by atoms with Gasteiger partial charge in [0.15, 0.2) is 17.4 Å². The highest BCUT2D eigenvalue weighted by Crippen LogP contribution is 2.39. The Balaban J connectivity index is 0.000000469. The minimum absolute atomic E-state index is 0.0120. The number of hydrogen-bond acceptors (Lipinski definition) is 6. The van der Waals surface area contributed by atoms with Crippen molar-refractivity contribution in [3.63, 3.8) is 0 Å². The number of anilines is 2. The fourth-order valence-corrected chi connectivity index (χ4v) is 3.12. The van der Waals surface area contributed by atoms with Crippen LogP contribution in [0.3, 0.4) is 0 Å². The molecule has 1 unspecified atom stereocenters. The summed E-state index contributed by atoms with van der Waals surface area (Å²) in [6.45, 7) is 1.59. The number of nitrogen functional groups attached to an aromatic ring is 1. The molecule has 1 atom stereocenters. The van der Waals surface area contributed by atoms with E-state index in [0.717, 1.165) is 30.8 Å². The van der Waals surface area contributed by atoms with Crippen LogP contribution < -0.4 is 16.4 Å². The van der Waals surface area contributed by atoms with Crippen molar-refractivity contribution >= 4 is 28.6 Å². The van der Waals surface area contributed by atoms with Crippen LogP contribution in [0, 0.1) is 24.5 Å². The summed E-state index contributed by atoms with van der Waals surface area (Å²) in [5.74, 6) is -2.09. The number of carbonyl (C=O) groups is 1. The molecule has 3 aromatic rings. The van der Waals surface area contributed by atoms with Crippen LogP contribution in [0.25, 0.3) is 11.0 Å². The maximum absolute atomic E-state index is 13.8. The third-order valence-electron chi connectivity index (χ3n) is 5.02. The predicted molar refractivity (Wildman–Crippen MR) is 113 cm³/mol. The van der Waals surface area contributed by atoms with Crippen molar-refractivity contribution in [2.24, 2.45) is 5.92 Å². The monoisotopic (exact) mass is 487 g/mol. The van der Waals surface area contributed by atoms with Crippen molar-refractivity contribution in [3.8, 4) is 0 Å². The van der Waals surface area contributed by atoms with Crippen molar-refractivity contribution < 1.29 is 36.3 Å². The van der Waals surface area contributed by atoms with Gasteiger partial charge in [-0.05, 0) is 25.3 Å². The molecule has 0 bridgehead atoms. The number of nitrogens with two attached hydrogens (primary N) is 1. The minimum Gasteiger partial charge on any atom is -0.455 e. The van der Waals surface area contributed by atoms with E-state index in [1.807, 2.05) is 0 Å². The van der Waals surface area contributed by atoms with Crippen LogP contribution in [-0.4, -0.2) is 33.9 Å². The maximum Gasteiger partial charge on any atom is 0.416 e. The number of furan rings is 1. The molecule has 1 aliphatic rings. The molecular formula is C21H22F5N5O3. The molecule has 1 aliphatic carbocycles. The summed E-state index contributed by atoms with van der Waals surface area (Å²) in [5.41, 5.74) is 4.56. The van der Waals surface area contributed by atoms with Gasteiger partial charge < -0.3 is 25.9 Å². The number of hydrogen-bond donors (Lipinski definition) is 4. The molecule has 0 saturated heterocycles. The molecule has 13 heteroatoms. The molecule has 5 N–H and O–H groups in total. The van der Waals surface area contributed by atoms with Crippen molar-refractivity contribution in [1.82, 2.24) is 15.3 Å². The molecule has 2 heterocycles. The SMILES string of the molecule is Cc1c(C(NC(=O)Nc2cnc(N)nc2)C(F)(F)F)oc2c(F)cc(F)cc12.OCCC1CC1. The largest absolute Gasteiger partial charge is 0.455 e. The van der Waals surface area contributed by atoms with Gasteiger partial charge >= 0.3 is 12.2 Å². The molecule has 0 spiro atoms. The first-order valence-electron chi connectivity index (χ1n) is 10.2. The van der Waals surface area contributed by atoms with Crippen LogP contribution in [0.4, 0.5) is 38.4 Å². The van der Waals surface area contributed by atoms with Crippen LogP contribution in [-0.2, 0) is 0 Å². The van der Waals surface area contributed by atoms with Gasteiger partial charge in [-0.1, -0.05) is 12.8 Å². The molecular weight excluding hydrogens is 465 g/mol. The fraction of sp³-hybridized carbons (Fsp3) is 0.381. The number of aliphatic hydroxyl groups is 1. The van der Waals surface area contributed by atoms with Gasteiger partial charge in [0.2, 0.25) is 5.95 Å². The third kappa shape index (κ3) is 6.31. The number of amides is 2. The Morgan fingerprint density at radius 1 is 1.26 bits per heavy atom. The Hall–Kier alpha value is -3.48. The number of nitrogens with one attached hydrogen (secondary N) is 2. The molecule has 1 saturated carbocycles. The van der Waals surface area contributed by atoms with Crippen molar-refractivity contribution in [2.75, 3.05) is 17.7 Å². The average Bonchev–Trinajstić information content (AvgIpc) is 3.51. The van der Waals surface area contributed by atoms with Crippen molar-refractivity contribution in [3.05, 3.63) is 47.5 Å². The Morgan fingerprint density at radius 2 is 1.91 bits per heavy atom. The van der Waals surface area contributed by atoms with E-state index in [2.05, 4.69) is 15.3 Å². The number of halogens is 5. The first-order chi connectivity index (χ1) is 16.0. The average molecular weight is 487 g/mol. The molecule has 184 valence electrons. The number of urea groups is 1. The van der Waals surface area contributed by atoms with Crippen LogP contribution >= 0.6 is 0 Å². The van der Waals surface area contributed by atoms with Crippen LogP contribution in [0.5, 0.6) is 0 Å². The summed E-state index contributed by atoms with van der Waals surface area (Å²) < 4.78 is 72.8. The first-order valence-corrected chi connectivity index (χ1v) is 10.2. The third-order valence-corrected chi connectivity index (χ3v) is 5.02. The quantitative estimate of drug-likeness (QED) is 0.390. The zero-order chi connectivity index (χ0) is 25.0. The van der Waals surface area contributed by atoms with Gasteiger partial charge in [0, 0.05) is 23.6 Å². The molecule has 8 nitrogen and oxygen atoms in total. The van der Waals surface area contributed by atoms with E-state index in [1.165, 1.54) is 19.8 Å². The number of carbonyl (C=O) groups excluding carboxylic acids is 1. The summed E-state index contributed by atoms with van der Waals surface area (Å²) in [6.07, 6.45) is 0.966. The Morgan fingerprint density at radius 3 is 2.44 bits per heavy atom.